The van der Waals surface area contributed by atoms with Crippen LogP contribution in [-0.4, -0.2) is 29.8 Å². The fourth-order valence-electron chi connectivity index (χ4n) is 1.87. The molecule has 0 bridgehead atoms. The number of ether oxygens (including phenoxy) is 1. The summed E-state index contributed by atoms with van der Waals surface area (Å²) < 4.78 is 44.2. The average molecular weight is 372 g/mol. The molecule has 0 aliphatic rings. The Hall–Kier alpha value is -2.28. The molecule has 0 saturated carbocycles. The van der Waals surface area contributed by atoms with Crippen LogP contribution in [0.5, 0.6) is 11.6 Å². The topological polar surface area (TPSA) is 37.7 Å². The van der Waals surface area contributed by atoms with Crippen molar-refractivity contribution in [2.24, 2.45) is 4.99 Å². The summed E-state index contributed by atoms with van der Waals surface area (Å²) in [4.78, 5) is 10.3. The van der Waals surface area contributed by atoms with E-state index in [2.05, 4.69) is 9.98 Å². The van der Waals surface area contributed by atoms with Gasteiger partial charge < -0.3 is 9.64 Å². The summed E-state index contributed by atoms with van der Waals surface area (Å²) in [5.41, 5.74) is 0.322. The summed E-state index contributed by atoms with van der Waals surface area (Å²) in [6.07, 6.45) is -1.39. The van der Waals surface area contributed by atoms with E-state index in [1.807, 2.05) is 18.9 Å². The van der Waals surface area contributed by atoms with E-state index in [1.54, 1.807) is 19.3 Å². The molecule has 134 valence electrons. The Bertz CT molecular complexity index is 778. The van der Waals surface area contributed by atoms with E-state index in [0.717, 1.165) is 18.7 Å². The Balaban J connectivity index is 2.22. The number of halogens is 4. The molecule has 1 heterocycles. The van der Waals surface area contributed by atoms with Gasteiger partial charge in [0.2, 0.25) is 5.88 Å². The third-order valence-electron chi connectivity index (χ3n) is 3.38. The third-order valence-corrected chi connectivity index (χ3v) is 3.71. The predicted molar refractivity (Wildman–Crippen MR) is 92.0 cm³/mol. The number of aliphatic imine (C=N–C) groups is 1. The zero-order valence-electron chi connectivity index (χ0n) is 13.9. The zero-order valence-corrected chi connectivity index (χ0v) is 14.7. The average Bonchev–Trinajstić information content (AvgIpc) is 2.55. The highest BCUT2D eigenvalue weighted by Gasteiger charge is 2.33. The second-order valence-corrected chi connectivity index (χ2v) is 5.78. The first-order chi connectivity index (χ1) is 11.7. The van der Waals surface area contributed by atoms with Crippen LogP contribution in [0.1, 0.15) is 18.1 Å². The molecule has 0 saturated heterocycles. The fourth-order valence-corrected chi connectivity index (χ4v) is 2.09. The van der Waals surface area contributed by atoms with Crippen molar-refractivity contribution >= 4 is 23.6 Å². The molecule has 0 fully saturated rings. The highest BCUT2D eigenvalue weighted by atomic mass is 35.5. The molecule has 8 heteroatoms. The highest BCUT2D eigenvalue weighted by molar-refractivity contribution is 6.31. The van der Waals surface area contributed by atoms with Gasteiger partial charge in [-0.15, -0.1) is 0 Å². The van der Waals surface area contributed by atoms with E-state index in [1.165, 1.54) is 12.3 Å². The normalized spacial score (nSPS) is 11.8. The van der Waals surface area contributed by atoms with Crippen LogP contribution in [0, 0.1) is 6.92 Å². The Morgan fingerprint density at radius 3 is 2.64 bits per heavy atom. The molecule has 1 aromatic carbocycles. The van der Waals surface area contributed by atoms with E-state index in [4.69, 9.17) is 16.3 Å². The Morgan fingerprint density at radius 2 is 2.04 bits per heavy atom. The van der Waals surface area contributed by atoms with Gasteiger partial charge in [0, 0.05) is 19.2 Å². The van der Waals surface area contributed by atoms with Crippen LogP contribution >= 0.6 is 11.6 Å². The summed E-state index contributed by atoms with van der Waals surface area (Å²) >= 11 is 5.60. The molecule has 0 aliphatic carbocycles. The number of pyridine rings is 1. The van der Waals surface area contributed by atoms with E-state index in [0.29, 0.717) is 11.3 Å². The van der Waals surface area contributed by atoms with Crippen LogP contribution in [0.15, 0.2) is 35.5 Å². The van der Waals surface area contributed by atoms with Gasteiger partial charge in [-0.3, -0.25) is 0 Å². The van der Waals surface area contributed by atoms with Crippen LogP contribution in [0.4, 0.5) is 18.9 Å². The molecule has 0 aliphatic heterocycles. The number of hydrogen-bond acceptors (Lipinski definition) is 3. The van der Waals surface area contributed by atoms with E-state index < -0.39 is 11.7 Å². The first kappa shape index (κ1) is 19.1. The predicted octanol–water partition coefficient (Wildman–Crippen LogP) is 5.47. The van der Waals surface area contributed by atoms with Gasteiger partial charge >= 0.3 is 6.18 Å². The maximum absolute atomic E-state index is 12.9. The van der Waals surface area contributed by atoms with Crippen molar-refractivity contribution in [1.82, 2.24) is 9.88 Å². The number of benzene rings is 1. The van der Waals surface area contributed by atoms with Crippen LogP contribution in [0.3, 0.4) is 0 Å². The Labute approximate surface area is 148 Å². The van der Waals surface area contributed by atoms with E-state index in [-0.39, 0.29) is 16.7 Å². The number of rotatable bonds is 5. The quantitative estimate of drug-likeness (QED) is 0.517. The molecular formula is C17H17ClF3N3O. The molecule has 4 nitrogen and oxygen atoms in total. The monoisotopic (exact) mass is 371 g/mol. The van der Waals surface area contributed by atoms with Crippen molar-refractivity contribution in [1.29, 1.82) is 0 Å². The number of hydrogen-bond donors (Lipinski definition) is 0. The molecule has 0 N–H and O–H groups in total. The van der Waals surface area contributed by atoms with Gasteiger partial charge in [-0.25, -0.2) is 9.98 Å². The fraction of sp³-hybridized carbons (Fsp3) is 0.294. The molecule has 25 heavy (non-hydrogen) atoms. The largest absolute Gasteiger partial charge is 0.439 e. The minimum atomic E-state index is -4.55. The van der Waals surface area contributed by atoms with Crippen LogP contribution < -0.4 is 4.74 Å². The van der Waals surface area contributed by atoms with Crippen molar-refractivity contribution in [3.63, 3.8) is 0 Å². The van der Waals surface area contributed by atoms with Crippen LogP contribution in [0.2, 0.25) is 5.02 Å². The van der Waals surface area contributed by atoms with Gasteiger partial charge in [0.25, 0.3) is 0 Å². The first-order valence-electron chi connectivity index (χ1n) is 7.46. The maximum atomic E-state index is 12.9. The lowest BCUT2D eigenvalue weighted by atomic mass is 10.2. The lowest BCUT2D eigenvalue weighted by molar-refractivity contribution is -0.137. The smallest absolute Gasteiger partial charge is 0.417 e. The first-order valence-corrected chi connectivity index (χ1v) is 7.84. The minimum absolute atomic E-state index is 0.00860. The second-order valence-electron chi connectivity index (χ2n) is 5.37. The molecule has 2 aromatic rings. The van der Waals surface area contributed by atoms with Crippen molar-refractivity contribution in [2.45, 2.75) is 20.0 Å². The number of alkyl halides is 3. The van der Waals surface area contributed by atoms with Crippen molar-refractivity contribution in [3.05, 3.63) is 46.6 Å². The Morgan fingerprint density at radius 1 is 1.32 bits per heavy atom. The molecule has 0 unspecified atom stereocenters. The summed E-state index contributed by atoms with van der Waals surface area (Å²) in [5.74, 6) is 0.215. The number of nitrogens with zero attached hydrogens (tertiary/aromatic N) is 3. The van der Waals surface area contributed by atoms with Crippen molar-refractivity contribution < 1.29 is 17.9 Å². The molecule has 0 radical (unpaired) electrons. The summed E-state index contributed by atoms with van der Waals surface area (Å²) in [7, 11) is 1.89. The van der Waals surface area contributed by atoms with Crippen molar-refractivity contribution in [2.75, 3.05) is 13.6 Å². The molecule has 0 amide bonds. The third kappa shape index (κ3) is 5.09. The Kier molecular flexibility index (Phi) is 5.89. The SMILES string of the molecule is CCN(C)C=Nc1cnc(Oc2ccc(Cl)c(C(F)(F)F)c2)c(C)c1. The van der Waals surface area contributed by atoms with Crippen LogP contribution in [0.25, 0.3) is 0 Å². The van der Waals surface area contributed by atoms with Gasteiger partial charge in [0.05, 0.1) is 28.8 Å². The number of aromatic nitrogens is 1. The van der Waals surface area contributed by atoms with Gasteiger partial charge in [0.1, 0.15) is 5.75 Å². The molecule has 0 atom stereocenters. The molecule has 1 aromatic heterocycles. The molecular weight excluding hydrogens is 355 g/mol. The minimum Gasteiger partial charge on any atom is -0.439 e. The standard InChI is InChI=1S/C17H17ClF3N3O/c1-4-24(3)10-23-12-7-11(2)16(22-9-12)25-13-5-6-15(18)14(8-13)17(19,20)21/h5-10H,4H2,1-3H3. The lowest BCUT2D eigenvalue weighted by Gasteiger charge is -2.12. The van der Waals surface area contributed by atoms with Gasteiger partial charge in [-0.2, -0.15) is 13.2 Å². The van der Waals surface area contributed by atoms with Gasteiger partial charge in [0.15, 0.2) is 0 Å². The lowest BCUT2D eigenvalue weighted by Crippen LogP contribution is -2.14. The van der Waals surface area contributed by atoms with Crippen LogP contribution in [-0.2, 0) is 6.18 Å². The van der Waals surface area contributed by atoms with E-state index in [9.17, 15) is 13.2 Å². The van der Waals surface area contributed by atoms with Gasteiger partial charge in [-0.1, -0.05) is 11.6 Å². The van der Waals surface area contributed by atoms with Gasteiger partial charge in [-0.05, 0) is 38.1 Å². The zero-order chi connectivity index (χ0) is 18.6. The molecule has 2 rings (SSSR count). The summed E-state index contributed by atoms with van der Waals surface area (Å²) in [6.45, 7) is 4.55. The number of aryl methyl sites for hydroxylation is 1. The van der Waals surface area contributed by atoms with Crippen molar-refractivity contribution in [3.8, 4) is 11.6 Å². The summed E-state index contributed by atoms with van der Waals surface area (Å²) in [5, 5.41) is -0.380. The maximum Gasteiger partial charge on any atom is 0.417 e. The molecule has 0 spiro atoms. The summed E-state index contributed by atoms with van der Waals surface area (Å²) in [6, 6.07) is 5.10. The second kappa shape index (κ2) is 7.74. The van der Waals surface area contributed by atoms with E-state index >= 15 is 0 Å². The highest BCUT2D eigenvalue weighted by Crippen LogP contribution is 2.37.